The molecule has 0 atom stereocenters. The van der Waals surface area contributed by atoms with Gasteiger partial charge in [0.1, 0.15) is 0 Å². The van der Waals surface area contributed by atoms with Crippen molar-refractivity contribution in [2.24, 2.45) is 0 Å². The van der Waals surface area contributed by atoms with Crippen LogP contribution in [0.15, 0.2) is 48.5 Å². The second-order valence-electron chi connectivity index (χ2n) is 8.03. The van der Waals surface area contributed by atoms with E-state index in [1.54, 1.807) is 0 Å². The highest BCUT2D eigenvalue weighted by Gasteiger charge is 2.20. The first kappa shape index (κ1) is 24.1. The minimum Gasteiger partial charge on any atom is -0.392 e. The molecule has 164 valence electrons. The third kappa shape index (κ3) is 6.98. The van der Waals surface area contributed by atoms with Crippen LogP contribution in [0.4, 0.5) is 5.69 Å². The van der Waals surface area contributed by atoms with Gasteiger partial charge in [-0.1, -0.05) is 50.3 Å². The molecule has 2 rings (SSSR count). The Morgan fingerprint density at radius 2 is 1.73 bits per heavy atom. The molecule has 0 aromatic heterocycles. The van der Waals surface area contributed by atoms with Crippen LogP contribution < -0.4 is 5.32 Å². The summed E-state index contributed by atoms with van der Waals surface area (Å²) in [5.41, 5.74) is 5.64. The number of nitrogens with one attached hydrogen (secondary N) is 1. The molecule has 2 aromatic rings. The second kappa shape index (κ2) is 11.9. The molecule has 0 aliphatic rings. The van der Waals surface area contributed by atoms with Gasteiger partial charge in [0.25, 0.3) is 0 Å². The molecule has 4 heteroatoms. The molecular formula is C26H37NO3. The van der Waals surface area contributed by atoms with E-state index < -0.39 is 5.60 Å². The first-order valence-electron chi connectivity index (χ1n) is 11.0. The number of benzene rings is 2. The highest BCUT2D eigenvalue weighted by atomic mass is 16.3. The van der Waals surface area contributed by atoms with E-state index in [2.05, 4.69) is 42.6 Å². The van der Waals surface area contributed by atoms with Crippen LogP contribution in [0.5, 0.6) is 0 Å². The summed E-state index contributed by atoms with van der Waals surface area (Å²) in [4.78, 5) is 0. The zero-order valence-electron chi connectivity index (χ0n) is 18.6. The molecule has 0 heterocycles. The van der Waals surface area contributed by atoms with Crippen molar-refractivity contribution in [1.29, 1.82) is 0 Å². The predicted molar refractivity (Wildman–Crippen MR) is 125 cm³/mol. The van der Waals surface area contributed by atoms with Gasteiger partial charge in [-0.15, -0.1) is 0 Å². The van der Waals surface area contributed by atoms with E-state index >= 15 is 0 Å². The van der Waals surface area contributed by atoms with Crippen molar-refractivity contribution < 1.29 is 15.3 Å². The van der Waals surface area contributed by atoms with Gasteiger partial charge in [0.15, 0.2) is 0 Å². The summed E-state index contributed by atoms with van der Waals surface area (Å²) in [6.45, 7) is 6.88. The van der Waals surface area contributed by atoms with Crippen LogP contribution in [0.3, 0.4) is 0 Å². The van der Waals surface area contributed by atoms with Gasteiger partial charge >= 0.3 is 0 Å². The van der Waals surface area contributed by atoms with Crippen molar-refractivity contribution in [1.82, 2.24) is 0 Å². The Labute approximate surface area is 181 Å². The Hall–Kier alpha value is -2.14. The van der Waals surface area contributed by atoms with Gasteiger partial charge in [0.2, 0.25) is 0 Å². The van der Waals surface area contributed by atoms with Crippen molar-refractivity contribution in [2.45, 2.75) is 71.7 Å². The molecule has 0 bridgehead atoms. The topological polar surface area (TPSA) is 72.7 Å². The van der Waals surface area contributed by atoms with Gasteiger partial charge in [0, 0.05) is 12.2 Å². The molecule has 0 fully saturated rings. The van der Waals surface area contributed by atoms with Gasteiger partial charge in [-0.05, 0) is 79.0 Å². The molecule has 0 aliphatic carbocycles. The number of aliphatic hydroxyl groups excluding tert-OH is 2. The average molecular weight is 412 g/mol. The van der Waals surface area contributed by atoms with Crippen LogP contribution in [0.2, 0.25) is 0 Å². The highest BCUT2D eigenvalue weighted by molar-refractivity contribution is 5.67. The van der Waals surface area contributed by atoms with E-state index in [9.17, 15) is 15.3 Å². The molecule has 0 radical (unpaired) electrons. The molecule has 30 heavy (non-hydrogen) atoms. The van der Waals surface area contributed by atoms with Gasteiger partial charge in [-0.2, -0.15) is 0 Å². The van der Waals surface area contributed by atoms with Crippen LogP contribution in [0.1, 0.15) is 68.7 Å². The summed E-state index contributed by atoms with van der Waals surface area (Å²) in [7, 11) is 0. The SMILES string of the molecule is CCC(O)(CC)CCC=C(C)c1cccc(NCCc2ccc(CO)c(CO)c2)c1. The molecule has 0 saturated heterocycles. The summed E-state index contributed by atoms with van der Waals surface area (Å²) in [5, 5.41) is 32.7. The van der Waals surface area contributed by atoms with E-state index in [0.717, 1.165) is 61.0 Å². The fourth-order valence-electron chi connectivity index (χ4n) is 3.64. The summed E-state index contributed by atoms with van der Waals surface area (Å²) < 4.78 is 0. The van der Waals surface area contributed by atoms with Crippen molar-refractivity contribution in [2.75, 3.05) is 11.9 Å². The summed E-state index contributed by atoms with van der Waals surface area (Å²) >= 11 is 0. The molecule has 0 unspecified atom stereocenters. The van der Waals surface area contributed by atoms with E-state index in [0.29, 0.717) is 0 Å². The Balaban J connectivity index is 1.93. The lowest BCUT2D eigenvalue weighted by molar-refractivity contribution is 0.0246. The quantitative estimate of drug-likeness (QED) is 0.394. The minimum atomic E-state index is -0.550. The predicted octanol–water partition coefficient (Wildman–Crippen LogP) is 5.06. The van der Waals surface area contributed by atoms with E-state index in [4.69, 9.17) is 0 Å². The standard InChI is InChI=1S/C26H37NO3/c1-4-26(30,5-2)14-7-8-20(3)22-9-6-10-25(17-22)27-15-13-21-11-12-23(18-28)24(16-21)19-29/h6,8-12,16-17,27-30H,4-5,7,13-15,18-19H2,1-3H3. The third-order valence-electron chi connectivity index (χ3n) is 6.05. The van der Waals surface area contributed by atoms with Gasteiger partial charge < -0.3 is 20.6 Å². The van der Waals surface area contributed by atoms with Gasteiger partial charge in [-0.3, -0.25) is 0 Å². The molecule has 0 spiro atoms. The molecular weight excluding hydrogens is 374 g/mol. The lowest BCUT2D eigenvalue weighted by Gasteiger charge is -2.24. The maximum atomic E-state index is 10.4. The smallest absolute Gasteiger partial charge is 0.0685 e. The molecule has 0 amide bonds. The number of aliphatic hydroxyl groups is 3. The normalized spacial score (nSPS) is 12.3. The fourth-order valence-corrected chi connectivity index (χ4v) is 3.64. The third-order valence-corrected chi connectivity index (χ3v) is 6.05. The summed E-state index contributed by atoms with van der Waals surface area (Å²) in [5.74, 6) is 0. The fraction of sp³-hybridized carbons (Fsp3) is 0.462. The number of hydrogen-bond acceptors (Lipinski definition) is 4. The average Bonchev–Trinajstić information content (AvgIpc) is 2.78. The zero-order valence-corrected chi connectivity index (χ0v) is 18.6. The molecule has 4 nitrogen and oxygen atoms in total. The molecule has 2 aromatic carbocycles. The van der Waals surface area contributed by atoms with Crippen molar-refractivity contribution >= 4 is 11.3 Å². The van der Waals surface area contributed by atoms with Crippen LogP contribution >= 0.6 is 0 Å². The van der Waals surface area contributed by atoms with Gasteiger partial charge in [0.05, 0.1) is 18.8 Å². The minimum absolute atomic E-state index is 0.0513. The molecule has 0 saturated carbocycles. The van der Waals surface area contributed by atoms with Crippen LogP contribution in [0, 0.1) is 0 Å². The molecule has 4 N–H and O–H groups in total. The summed E-state index contributed by atoms with van der Waals surface area (Å²) in [6, 6.07) is 14.2. The Kier molecular flexibility index (Phi) is 9.57. The van der Waals surface area contributed by atoms with Crippen LogP contribution in [-0.4, -0.2) is 27.5 Å². The van der Waals surface area contributed by atoms with E-state index in [-0.39, 0.29) is 13.2 Å². The Morgan fingerprint density at radius 3 is 2.40 bits per heavy atom. The lowest BCUT2D eigenvalue weighted by Crippen LogP contribution is -2.25. The first-order chi connectivity index (χ1) is 14.4. The number of anilines is 1. The molecule has 0 aliphatic heterocycles. The zero-order chi connectivity index (χ0) is 22.0. The van der Waals surface area contributed by atoms with E-state index in [1.165, 1.54) is 11.1 Å². The van der Waals surface area contributed by atoms with Gasteiger partial charge in [-0.25, -0.2) is 0 Å². The summed E-state index contributed by atoms with van der Waals surface area (Å²) in [6.07, 6.45) is 6.30. The van der Waals surface area contributed by atoms with Crippen LogP contribution in [0.25, 0.3) is 5.57 Å². The maximum absolute atomic E-state index is 10.4. The van der Waals surface area contributed by atoms with E-state index in [1.807, 2.05) is 32.0 Å². The first-order valence-corrected chi connectivity index (χ1v) is 11.0. The number of rotatable bonds is 12. The Morgan fingerprint density at radius 1 is 1.00 bits per heavy atom. The van der Waals surface area contributed by atoms with Crippen molar-refractivity contribution in [3.8, 4) is 0 Å². The maximum Gasteiger partial charge on any atom is 0.0685 e. The van der Waals surface area contributed by atoms with Crippen LogP contribution in [-0.2, 0) is 19.6 Å². The Bertz CT molecular complexity index is 825. The highest BCUT2D eigenvalue weighted by Crippen LogP contribution is 2.24. The number of allylic oxidation sites excluding steroid dienone is 2. The van der Waals surface area contributed by atoms with Crippen molar-refractivity contribution in [3.05, 3.63) is 70.8 Å². The number of hydrogen-bond donors (Lipinski definition) is 4. The lowest BCUT2D eigenvalue weighted by atomic mass is 9.91. The largest absolute Gasteiger partial charge is 0.392 e. The second-order valence-corrected chi connectivity index (χ2v) is 8.03. The van der Waals surface area contributed by atoms with Crippen molar-refractivity contribution in [3.63, 3.8) is 0 Å². The monoisotopic (exact) mass is 411 g/mol.